The zero-order valence-electron chi connectivity index (χ0n) is 12.5. The van der Waals surface area contributed by atoms with Crippen LogP contribution in [0.4, 0.5) is 0 Å². The Labute approximate surface area is 117 Å². The van der Waals surface area contributed by atoms with E-state index in [1.807, 2.05) is 0 Å². The van der Waals surface area contributed by atoms with E-state index >= 15 is 0 Å². The van der Waals surface area contributed by atoms with Crippen molar-refractivity contribution in [3.8, 4) is 0 Å². The Kier molecular flexibility index (Phi) is 5.37. The molecular formula is C15H28N4. The first-order valence-corrected chi connectivity index (χ1v) is 7.91. The summed E-state index contributed by atoms with van der Waals surface area (Å²) in [6.07, 6.45) is 11.6. The summed E-state index contributed by atoms with van der Waals surface area (Å²) in [4.78, 5) is 4.50. The first kappa shape index (κ1) is 14.5. The molecule has 1 unspecified atom stereocenters. The normalized spacial score (nSPS) is 24.3. The minimum atomic E-state index is 0.254. The number of nitrogens with one attached hydrogen (secondary N) is 1. The van der Waals surface area contributed by atoms with Crippen LogP contribution in [0.1, 0.15) is 64.6 Å². The second kappa shape index (κ2) is 7.04. The highest BCUT2D eigenvalue weighted by atomic mass is 15.3. The average Bonchev–Trinajstić information content (AvgIpc) is 2.69. The van der Waals surface area contributed by atoms with Gasteiger partial charge < -0.3 is 5.32 Å². The van der Waals surface area contributed by atoms with Crippen molar-refractivity contribution in [1.29, 1.82) is 0 Å². The summed E-state index contributed by atoms with van der Waals surface area (Å²) in [6, 6.07) is 0. The summed E-state index contributed by atoms with van der Waals surface area (Å²) >= 11 is 0. The van der Waals surface area contributed by atoms with E-state index in [0.717, 1.165) is 31.8 Å². The topological polar surface area (TPSA) is 42.7 Å². The van der Waals surface area contributed by atoms with Crippen molar-refractivity contribution >= 4 is 0 Å². The molecule has 19 heavy (non-hydrogen) atoms. The van der Waals surface area contributed by atoms with Crippen LogP contribution < -0.4 is 5.32 Å². The summed E-state index contributed by atoms with van der Waals surface area (Å²) in [5, 5.41) is 8.19. The number of aryl methyl sites for hydroxylation is 1. The van der Waals surface area contributed by atoms with E-state index in [1.54, 1.807) is 6.33 Å². The fraction of sp³-hybridized carbons (Fsp3) is 0.867. The molecule has 1 aromatic heterocycles. The Morgan fingerprint density at radius 2 is 2.16 bits per heavy atom. The van der Waals surface area contributed by atoms with E-state index in [-0.39, 0.29) is 5.54 Å². The Balaban J connectivity index is 2.12. The molecule has 1 fully saturated rings. The maximum atomic E-state index is 4.50. The van der Waals surface area contributed by atoms with Crippen molar-refractivity contribution in [2.45, 2.75) is 77.3 Å². The van der Waals surface area contributed by atoms with Gasteiger partial charge in [0.2, 0.25) is 0 Å². The molecule has 0 saturated carbocycles. The highest BCUT2D eigenvalue weighted by Crippen LogP contribution is 2.27. The summed E-state index contributed by atoms with van der Waals surface area (Å²) in [6.45, 7) is 6.61. The van der Waals surface area contributed by atoms with Crippen LogP contribution >= 0.6 is 0 Å². The molecule has 0 bridgehead atoms. The maximum absolute atomic E-state index is 4.50. The van der Waals surface area contributed by atoms with Gasteiger partial charge in [-0.3, -0.25) is 4.68 Å². The van der Waals surface area contributed by atoms with Crippen LogP contribution in [-0.2, 0) is 13.0 Å². The zero-order valence-corrected chi connectivity index (χ0v) is 12.5. The standard InChI is InChI=1S/C15H28N4/c1-3-8-15(9-6-5-7-10-17-15)12-14-16-13-18-19(14)11-4-2/h13,17H,3-12H2,1-2H3. The summed E-state index contributed by atoms with van der Waals surface area (Å²) in [5.41, 5.74) is 0.254. The molecule has 0 amide bonds. The minimum absolute atomic E-state index is 0.254. The van der Waals surface area contributed by atoms with Crippen molar-refractivity contribution in [2.75, 3.05) is 6.54 Å². The molecule has 108 valence electrons. The molecule has 4 nitrogen and oxygen atoms in total. The molecule has 0 aliphatic carbocycles. The lowest BCUT2D eigenvalue weighted by molar-refractivity contribution is 0.278. The van der Waals surface area contributed by atoms with Gasteiger partial charge in [0.25, 0.3) is 0 Å². The number of hydrogen-bond donors (Lipinski definition) is 1. The van der Waals surface area contributed by atoms with Crippen LogP contribution in [-0.4, -0.2) is 26.8 Å². The van der Waals surface area contributed by atoms with Gasteiger partial charge >= 0.3 is 0 Å². The van der Waals surface area contributed by atoms with Crippen LogP contribution in [0.5, 0.6) is 0 Å². The third-order valence-electron chi connectivity index (χ3n) is 4.19. The van der Waals surface area contributed by atoms with Crippen LogP contribution in [0.25, 0.3) is 0 Å². The molecule has 0 spiro atoms. The monoisotopic (exact) mass is 264 g/mol. The van der Waals surface area contributed by atoms with E-state index in [1.165, 1.54) is 38.5 Å². The van der Waals surface area contributed by atoms with Gasteiger partial charge in [-0.1, -0.05) is 33.1 Å². The van der Waals surface area contributed by atoms with Gasteiger partial charge in [-0.05, 0) is 32.2 Å². The van der Waals surface area contributed by atoms with Gasteiger partial charge in [0.1, 0.15) is 12.2 Å². The van der Waals surface area contributed by atoms with Crippen molar-refractivity contribution in [2.24, 2.45) is 0 Å². The van der Waals surface area contributed by atoms with E-state index in [0.29, 0.717) is 0 Å². The number of rotatable bonds is 6. The number of hydrogen-bond acceptors (Lipinski definition) is 3. The van der Waals surface area contributed by atoms with E-state index in [2.05, 4.69) is 33.9 Å². The van der Waals surface area contributed by atoms with E-state index in [4.69, 9.17) is 0 Å². The molecule has 1 N–H and O–H groups in total. The zero-order chi connectivity index (χ0) is 13.6. The Morgan fingerprint density at radius 1 is 1.26 bits per heavy atom. The van der Waals surface area contributed by atoms with Crippen LogP contribution in [0.15, 0.2) is 6.33 Å². The highest BCUT2D eigenvalue weighted by Gasteiger charge is 2.31. The Bertz CT molecular complexity index is 364. The van der Waals surface area contributed by atoms with E-state index in [9.17, 15) is 0 Å². The van der Waals surface area contributed by atoms with Crippen molar-refractivity contribution in [3.05, 3.63) is 12.2 Å². The van der Waals surface area contributed by atoms with Crippen LogP contribution in [0.3, 0.4) is 0 Å². The fourth-order valence-corrected chi connectivity index (χ4v) is 3.26. The number of nitrogens with zero attached hydrogens (tertiary/aromatic N) is 3. The highest BCUT2D eigenvalue weighted by molar-refractivity contribution is 5.00. The molecule has 4 heteroatoms. The first-order valence-electron chi connectivity index (χ1n) is 7.91. The van der Waals surface area contributed by atoms with Gasteiger partial charge in [-0.2, -0.15) is 5.10 Å². The number of aromatic nitrogens is 3. The molecule has 1 saturated heterocycles. The third kappa shape index (κ3) is 3.78. The molecule has 0 radical (unpaired) electrons. The maximum Gasteiger partial charge on any atom is 0.138 e. The largest absolute Gasteiger partial charge is 0.311 e. The minimum Gasteiger partial charge on any atom is -0.311 e. The SMILES string of the molecule is CCCn1ncnc1CC1(CCC)CCCCCN1. The molecule has 1 aliphatic rings. The summed E-state index contributed by atoms with van der Waals surface area (Å²) in [7, 11) is 0. The molecule has 1 aliphatic heterocycles. The average molecular weight is 264 g/mol. The predicted molar refractivity (Wildman–Crippen MR) is 78.1 cm³/mol. The quantitative estimate of drug-likeness (QED) is 0.859. The first-order chi connectivity index (χ1) is 9.29. The van der Waals surface area contributed by atoms with Gasteiger partial charge in [0, 0.05) is 18.5 Å². The predicted octanol–water partition coefficient (Wildman–Crippen LogP) is 2.93. The fourth-order valence-electron chi connectivity index (χ4n) is 3.26. The smallest absolute Gasteiger partial charge is 0.138 e. The molecular weight excluding hydrogens is 236 g/mol. The lowest BCUT2D eigenvalue weighted by Crippen LogP contribution is -2.47. The summed E-state index contributed by atoms with van der Waals surface area (Å²) in [5.74, 6) is 1.16. The van der Waals surface area contributed by atoms with Crippen molar-refractivity contribution in [3.63, 3.8) is 0 Å². The second-order valence-electron chi connectivity index (χ2n) is 5.84. The summed E-state index contributed by atoms with van der Waals surface area (Å²) < 4.78 is 2.09. The molecule has 1 aromatic rings. The van der Waals surface area contributed by atoms with Crippen molar-refractivity contribution in [1.82, 2.24) is 20.1 Å². The van der Waals surface area contributed by atoms with E-state index < -0.39 is 0 Å². The Morgan fingerprint density at radius 3 is 2.95 bits per heavy atom. The molecule has 2 rings (SSSR count). The second-order valence-corrected chi connectivity index (χ2v) is 5.84. The van der Waals surface area contributed by atoms with Gasteiger partial charge in [-0.15, -0.1) is 0 Å². The van der Waals surface area contributed by atoms with Gasteiger partial charge in [-0.25, -0.2) is 4.98 Å². The molecule has 2 heterocycles. The molecule has 0 aromatic carbocycles. The third-order valence-corrected chi connectivity index (χ3v) is 4.19. The van der Waals surface area contributed by atoms with Gasteiger partial charge in [0.05, 0.1) is 0 Å². The van der Waals surface area contributed by atoms with Crippen LogP contribution in [0.2, 0.25) is 0 Å². The Hall–Kier alpha value is -0.900. The lowest BCUT2D eigenvalue weighted by Gasteiger charge is -2.33. The van der Waals surface area contributed by atoms with Crippen molar-refractivity contribution < 1.29 is 0 Å². The van der Waals surface area contributed by atoms with Crippen LogP contribution in [0, 0.1) is 0 Å². The lowest BCUT2D eigenvalue weighted by atomic mass is 9.85. The van der Waals surface area contributed by atoms with Gasteiger partial charge in [0.15, 0.2) is 0 Å². The molecule has 1 atom stereocenters.